The van der Waals surface area contributed by atoms with Crippen molar-refractivity contribution in [2.24, 2.45) is 5.92 Å². The molecule has 0 bridgehead atoms. The van der Waals surface area contributed by atoms with Gasteiger partial charge in [0.2, 0.25) is 15.9 Å². The number of hydrogen-bond acceptors (Lipinski definition) is 3. The van der Waals surface area contributed by atoms with Crippen molar-refractivity contribution in [1.29, 1.82) is 0 Å². The summed E-state index contributed by atoms with van der Waals surface area (Å²) in [5, 5.41) is 0. The van der Waals surface area contributed by atoms with Gasteiger partial charge in [0.25, 0.3) is 0 Å². The molecule has 0 aromatic carbocycles. The van der Waals surface area contributed by atoms with E-state index >= 15 is 0 Å². The van der Waals surface area contributed by atoms with Gasteiger partial charge >= 0.3 is 0 Å². The van der Waals surface area contributed by atoms with E-state index in [1.54, 1.807) is 6.92 Å². The second-order valence-electron chi connectivity index (χ2n) is 5.13. The average molecular weight is 290 g/mol. The van der Waals surface area contributed by atoms with Gasteiger partial charge in [-0.2, -0.15) is 0 Å². The maximum absolute atomic E-state index is 12.2. The Hall–Kier alpha value is -0.620. The van der Waals surface area contributed by atoms with Crippen LogP contribution in [0.2, 0.25) is 0 Å². The molecule has 19 heavy (non-hydrogen) atoms. The highest BCUT2D eigenvalue weighted by atomic mass is 32.2. The molecule has 5 nitrogen and oxygen atoms in total. The van der Waals surface area contributed by atoms with Crippen LogP contribution in [0.4, 0.5) is 0 Å². The number of hydrogen-bond donors (Lipinski definition) is 1. The standard InChI is InChI=1S/C13H26N2O3S/c1-4-11(5-2)13(16)15-9-7-12(8-10-15)14-19(17,18)6-3/h11-12,14H,4-10H2,1-3H3. The van der Waals surface area contributed by atoms with Crippen molar-refractivity contribution < 1.29 is 13.2 Å². The minimum absolute atomic E-state index is 0.0179. The van der Waals surface area contributed by atoms with E-state index in [4.69, 9.17) is 0 Å². The maximum Gasteiger partial charge on any atom is 0.225 e. The minimum atomic E-state index is -3.14. The fourth-order valence-electron chi connectivity index (χ4n) is 2.45. The molecule has 112 valence electrons. The van der Waals surface area contributed by atoms with E-state index in [9.17, 15) is 13.2 Å². The molecule has 0 aromatic heterocycles. The fourth-order valence-corrected chi connectivity index (χ4v) is 3.36. The molecule has 1 rings (SSSR count). The minimum Gasteiger partial charge on any atom is -0.342 e. The van der Waals surface area contributed by atoms with Gasteiger partial charge in [0.15, 0.2) is 0 Å². The lowest BCUT2D eigenvalue weighted by Crippen LogP contribution is -2.48. The number of likely N-dealkylation sites (tertiary alicyclic amines) is 1. The Morgan fingerprint density at radius 2 is 1.74 bits per heavy atom. The van der Waals surface area contributed by atoms with Gasteiger partial charge in [-0.3, -0.25) is 4.79 Å². The van der Waals surface area contributed by atoms with Gasteiger partial charge in [0, 0.05) is 25.0 Å². The van der Waals surface area contributed by atoms with Gasteiger partial charge in [-0.1, -0.05) is 13.8 Å². The number of rotatable bonds is 6. The molecule has 0 aromatic rings. The van der Waals surface area contributed by atoms with Crippen molar-refractivity contribution in [3.63, 3.8) is 0 Å². The molecular weight excluding hydrogens is 264 g/mol. The van der Waals surface area contributed by atoms with E-state index in [1.807, 2.05) is 18.7 Å². The van der Waals surface area contributed by atoms with Crippen LogP contribution in [-0.2, 0) is 14.8 Å². The molecular formula is C13H26N2O3S. The van der Waals surface area contributed by atoms with E-state index in [0.717, 1.165) is 12.8 Å². The number of nitrogens with zero attached hydrogens (tertiary/aromatic N) is 1. The topological polar surface area (TPSA) is 66.5 Å². The lowest BCUT2D eigenvalue weighted by molar-refractivity contribution is -0.136. The highest BCUT2D eigenvalue weighted by molar-refractivity contribution is 7.89. The van der Waals surface area contributed by atoms with Crippen LogP contribution in [0.3, 0.4) is 0 Å². The van der Waals surface area contributed by atoms with Crippen molar-refractivity contribution in [2.75, 3.05) is 18.8 Å². The summed E-state index contributed by atoms with van der Waals surface area (Å²) in [6, 6.07) is -0.0179. The zero-order chi connectivity index (χ0) is 14.5. The monoisotopic (exact) mass is 290 g/mol. The van der Waals surface area contributed by atoms with E-state index in [2.05, 4.69) is 4.72 Å². The van der Waals surface area contributed by atoms with Gasteiger partial charge in [0.1, 0.15) is 0 Å². The fraction of sp³-hybridized carbons (Fsp3) is 0.923. The summed E-state index contributed by atoms with van der Waals surface area (Å²) in [5.74, 6) is 0.450. The lowest BCUT2D eigenvalue weighted by Gasteiger charge is -2.34. The van der Waals surface area contributed by atoms with Gasteiger partial charge in [-0.05, 0) is 32.6 Å². The second kappa shape index (κ2) is 7.24. The molecule has 1 fully saturated rings. The zero-order valence-electron chi connectivity index (χ0n) is 12.2. The molecule has 0 aliphatic carbocycles. The first kappa shape index (κ1) is 16.4. The van der Waals surface area contributed by atoms with Gasteiger partial charge in [0.05, 0.1) is 5.75 Å². The lowest BCUT2D eigenvalue weighted by atomic mass is 9.99. The third-order valence-electron chi connectivity index (χ3n) is 3.87. The molecule has 6 heteroatoms. The summed E-state index contributed by atoms with van der Waals surface area (Å²) in [4.78, 5) is 14.1. The van der Waals surface area contributed by atoms with Crippen LogP contribution >= 0.6 is 0 Å². The number of carbonyl (C=O) groups excluding carboxylic acids is 1. The Labute approximate surface area is 116 Å². The Bertz CT molecular complexity index is 383. The Kier molecular flexibility index (Phi) is 6.26. The largest absolute Gasteiger partial charge is 0.342 e. The van der Waals surface area contributed by atoms with Crippen molar-refractivity contribution in [3.05, 3.63) is 0 Å². The maximum atomic E-state index is 12.2. The summed E-state index contributed by atoms with van der Waals surface area (Å²) in [6.07, 6.45) is 3.17. The zero-order valence-corrected chi connectivity index (χ0v) is 13.0. The van der Waals surface area contributed by atoms with E-state index in [1.165, 1.54) is 0 Å². The number of sulfonamides is 1. The number of nitrogens with one attached hydrogen (secondary N) is 1. The quantitative estimate of drug-likeness (QED) is 0.803. The number of carbonyl (C=O) groups is 1. The van der Waals surface area contributed by atoms with Crippen molar-refractivity contribution >= 4 is 15.9 Å². The Balaban J connectivity index is 2.47. The van der Waals surface area contributed by atoms with Crippen LogP contribution in [-0.4, -0.2) is 44.1 Å². The van der Waals surface area contributed by atoms with Gasteiger partial charge < -0.3 is 4.90 Å². The number of piperidine rings is 1. The van der Waals surface area contributed by atoms with Crippen molar-refractivity contribution in [1.82, 2.24) is 9.62 Å². The summed E-state index contributed by atoms with van der Waals surface area (Å²) in [5.41, 5.74) is 0. The first-order valence-electron chi connectivity index (χ1n) is 7.22. The van der Waals surface area contributed by atoms with Gasteiger partial charge in [-0.25, -0.2) is 13.1 Å². The van der Waals surface area contributed by atoms with E-state index < -0.39 is 10.0 Å². The SMILES string of the molecule is CCC(CC)C(=O)N1CCC(NS(=O)(=O)CC)CC1. The summed E-state index contributed by atoms with van der Waals surface area (Å²) in [6.45, 7) is 7.02. The molecule has 0 radical (unpaired) electrons. The molecule has 1 aliphatic rings. The Morgan fingerprint density at radius 3 is 2.16 bits per heavy atom. The van der Waals surface area contributed by atoms with Crippen molar-refractivity contribution in [2.45, 2.75) is 52.5 Å². The Morgan fingerprint density at radius 1 is 1.21 bits per heavy atom. The summed E-state index contributed by atoms with van der Waals surface area (Å²) >= 11 is 0. The smallest absolute Gasteiger partial charge is 0.225 e. The molecule has 0 saturated carbocycles. The van der Waals surface area contributed by atoms with Crippen molar-refractivity contribution in [3.8, 4) is 0 Å². The van der Waals surface area contributed by atoms with Crippen LogP contribution in [0.1, 0.15) is 46.5 Å². The summed E-state index contributed by atoms with van der Waals surface area (Å²) < 4.78 is 25.7. The first-order chi connectivity index (χ1) is 8.93. The molecule has 1 saturated heterocycles. The molecule has 1 N–H and O–H groups in total. The third-order valence-corrected chi connectivity index (χ3v) is 5.32. The average Bonchev–Trinajstić information content (AvgIpc) is 2.40. The highest BCUT2D eigenvalue weighted by Crippen LogP contribution is 2.17. The highest BCUT2D eigenvalue weighted by Gasteiger charge is 2.27. The third kappa shape index (κ3) is 4.76. The molecule has 1 aliphatic heterocycles. The molecule has 1 amide bonds. The van der Waals surface area contributed by atoms with Crippen LogP contribution in [0.25, 0.3) is 0 Å². The summed E-state index contributed by atoms with van der Waals surface area (Å²) in [7, 11) is -3.14. The molecule has 0 spiro atoms. The second-order valence-corrected chi connectivity index (χ2v) is 7.18. The number of amides is 1. The van der Waals surface area contributed by atoms with Crippen LogP contribution in [0.15, 0.2) is 0 Å². The van der Waals surface area contributed by atoms with Crippen LogP contribution < -0.4 is 4.72 Å². The van der Waals surface area contributed by atoms with Crippen LogP contribution in [0, 0.1) is 5.92 Å². The molecule has 1 heterocycles. The van der Waals surface area contributed by atoms with Gasteiger partial charge in [-0.15, -0.1) is 0 Å². The van der Waals surface area contributed by atoms with Crippen LogP contribution in [0.5, 0.6) is 0 Å². The van der Waals surface area contributed by atoms with E-state index in [-0.39, 0.29) is 23.6 Å². The predicted octanol–water partition coefficient (Wildman–Crippen LogP) is 1.35. The predicted molar refractivity (Wildman–Crippen MR) is 76.3 cm³/mol. The normalized spacial score (nSPS) is 18.0. The molecule has 0 unspecified atom stereocenters. The molecule has 0 atom stereocenters. The van der Waals surface area contributed by atoms with E-state index in [0.29, 0.717) is 25.9 Å². The first-order valence-corrected chi connectivity index (χ1v) is 8.87.